The third-order valence-corrected chi connectivity index (χ3v) is 3.24. The molecule has 0 saturated heterocycles. The number of alkyl halides is 4. The molecule has 0 aromatic heterocycles. The summed E-state index contributed by atoms with van der Waals surface area (Å²) in [7, 11) is 0.880. The zero-order valence-corrected chi connectivity index (χ0v) is 11.2. The fraction of sp³-hybridized carbons (Fsp3) is 1.00. The molecule has 0 fully saturated rings. The van der Waals surface area contributed by atoms with Crippen LogP contribution in [0.4, 0.5) is 0 Å². The van der Waals surface area contributed by atoms with Crippen molar-refractivity contribution in [2.45, 2.75) is 22.5 Å². The molecule has 0 aliphatic rings. The SMILES string of the molecule is Cl.ClC(Cl)CCPCCC(Cl)Cl. The molecule has 0 aliphatic heterocycles. The van der Waals surface area contributed by atoms with Crippen LogP contribution in [0.2, 0.25) is 0 Å². The van der Waals surface area contributed by atoms with Crippen molar-refractivity contribution in [3.63, 3.8) is 0 Å². The number of halogens is 5. The lowest BCUT2D eigenvalue weighted by atomic mass is 10.6. The highest BCUT2D eigenvalue weighted by Gasteiger charge is 2.00. The molecule has 0 amide bonds. The first-order valence-electron chi connectivity index (χ1n) is 3.40. The van der Waals surface area contributed by atoms with Crippen molar-refractivity contribution in [2.24, 2.45) is 0 Å². The van der Waals surface area contributed by atoms with E-state index in [1.54, 1.807) is 0 Å². The highest BCUT2D eigenvalue weighted by molar-refractivity contribution is 7.37. The molecule has 0 atom stereocenters. The van der Waals surface area contributed by atoms with Gasteiger partial charge < -0.3 is 0 Å². The molecule has 0 heterocycles. The quantitative estimate of drug-likeness (QED) is 0.385. The van der Waals surface area contributed by atoms with Gasteiger partial charge in [-0.05, 0) is 25.2 Å². The molecule has 0 nitrogen and oxygen atoms in total. The summed E-state index contributed by atoms with van der Waals surface area (Å²) in [5, 5.41) is 0. The average molecular weight is 292 g/mol. The molecule has 0 aliphatic carbocycles. The van der Waals surface area contributed by atoms with Crippen molar-refractivity contribution in [1.29, 1.82) is 0 Å². The number of hydrogen-bond acceptors (Lipinski definition) is 0. The molecule has 6 heteroatoms. The first-order valence-corrected chi connectivity index (χ1v) is 6.56. The Morgan fingerprint density at radius 3 is 1.42 bits per heavy atom. The van der Waals surface area contributed by atoms with Gasteiger partial charge in [-0.2, -0.15) is 0 Å². The highest BCUT2D eigenvalue weighted by atomic mass is 35.5. The van der Waals surface area contributed by atoms with Crippen LogP contribution >= 0.6 is 67.4 Å². The van der Waals surface area contributed by atoms with Gasteiger partial charge in [0, 0.05) is 0 Å². The smallest absolute Gasteiger partial charge is 0.108 e. The van der Waals surface area contributed by atoms with Gasteiger partial charge in [0.2, 0.25) is 0 Å². The summed E-state index contributed by atoms with van der Waals surface area (Å²) in [6.45, 7) is 0. The van der Waals surface area contributed by atoms with Gasteiger partial charge in [-0.1, -0.05) is 0 Å². The second-order valence-electron chi connectivity index (χ2n) is 2.11. The molecule has 0 aromatic rings. The molecule has 0 saturated carbocycles. The molecule has 0 rings (SSSR count). The zero-order valence-electron chi connectivity index (χ0n) is 6.40. The summed E-state index contributed by atoms with van der Waals surface area (Å²) in [5.74, 6) is 0. The van der Waals surface area contributed by atoms with Crippen LogP contribution in [0.15, 0.2) is 0 Å². The van der Waals surface area contributed by atoms with Gasteiger partial charge in [0.1, 0.15) is 9.67 Å². The Morgan fingerprint density at radius 1 is 0.833 bits per heavy atom. The van der Waals surface area contributed by atoms with Crippen molar-refractivity contribution in [3.8, 4) is 0 Å². The molecule has 0 radical (unpaired) electrons. The van der Waals surface area contributed by atoms with Crippen LogP contribution < -0.4 is 0 Å². The molecule has 0 unspecified atom stereocenters. The Morgan fingerprint density at radius 2 is 1.17 bits per heavy atom. The molecule has 0 aromatic carbocycles. The van der Waals surface area contributed by atoms with E-state index in [1.165, 1.54) is 0 Å². The fourth-order valence-corrected chi connectivity index (χ4v) is 2.95. The Labute approximate surface area is 102 Å². The van der Waals surface area contributed by atoms with E-state index in [2.05, 4.69) is 0 Å². The predicted octanol–water partition coefficient (Wildman–Crippen LogP) is 4.47. The van der Waals surface area contributed by atoms with Gasteiger partial charge in [-0.3, -0.25) is 0 Å². The second-order valence-corrected chi connectivity index (χ2v) is 6.16. The number of hydrogen-bond donors (Lipinski definition) is 0. The Bertz CT molecular complexity index is 78.0. The standard InChI is InChI=1S/C6H11Cl4P.ClH/c7-5(8)1-3-11-4-2-6(9)10;/h5-6,11H,1-4H2;1H. The highest BCUT2D eigenvalue weighted by Crippen LogP contribution is 2.20. The van der Waals surface area contributed by atoms with E-state index in [1.807, 2.05) is 0 Å². The number of rotatable bonds is 6. The largest absolute Gasteiger partial charge is 0.147 e. The molecular formula is C6H12Cl5P. The van der Waals surface area contributed by atoms with Crippen molar-refractivity contribution < 1.29 is 0 Å². The minimum atomic E-state index is -0.217. The van der Waals surface area contributed by atoms with Crippen LogP contribution in [-0.2, 0) is 0 Å². The second kappa shape index (κ2) is 11.0. The Hall–Kier alpha value is 1.88. The fourth-order valence-electron chi connectivity index (χ4n) is 0.547. The van der Waals surface area contributed by atoms with Crippen molar-refractivity contribution >= 4 is 67.4 Å². The average Bonchev–Trinajstić information content (AvgIpc) is 1.85. The lowest BCUT2D eigenvalue weighted by Crippen LogP contribution is -1.92. The van der Waals surface area contributed by atoms with E-state index in [0.29, 0.717) is 0 Å². The summed E-state index contributed by atoms with van der Waals surface area (Å²) in [6, 6.07) is 0. The third-order valence-electron chi connectivity index (χ3n) is 1.08. The minimum absolute atomic E-state index is 0. The lowest BCUT2D eigenvalue weighted by Gasteiger charge is -2.02. The van der Waals surface area contributed by atoms with Crippen LogP contribution in [0.5, 0.6) is 0 Å². The zero-order chi connectivity index (χ0) is 8.69. The summed E-state index contributed by atoms with van der Waals surface area (Å²) >= 11 is 22.1. The molecular weight excluding hydrogens is 280 g/mol. The first-order chi connectivity index (χ1) is 5.13. The minimum Gasteiger partial charge on any atom is -0.147 e. The lowest BCUT2D eigenvalue weighted by molar-refractivity contribution is 1.02. The van der Waals surface area contributed by atoms with Crippen LogP contribution in [0.3, 0.4) is 0 Å². The Balaban J connectivity index is 0. The van der Waals surface area contributed by atoms with Crippen molar-refractivity contribution in [2.75, 3.05) is 12.3 Å². The maximum absolute atomic E-state index is 5.54. The van der Waals surface area contributed by atoms with Gasteiger partial charge in [0.15, 0.2) is 0 Å². The predicted molar refractivity (Wildman–Crippen MR) is 65.5 cm³/mol. The van der Waals surface area contributed by atoms with Gasteiger partial charge in [0.05, 0.1) is 0 Å². The van der Waals surface area contributed by atoms with E-state index in [-0.39, 0.29) is 22.1 Å². The molecule has 0 N–H and O–H groups in total. The molecule has 0 spiro atoms. The maximum atomic E-state index is 5.54. The van der Waals surface area contributed by atoms with E-state index in [0.717, 1.165) is 33.7 Å². The topological polar surface area (TPSA) is 0 Å². The van der Waals surface area contributed by atoms with Crippen molar-refractivity contribution in [1.82, 2.24) is 0 Å². The van der Waals surface area contributed by atoms with Crippen LogP contribution in [0, 0.1) is 0 Å². The van der Waals surface area contributed by atoms with Crippen LogP contribution in [0.1, 0.15) is 12.8 Å². The van der Waals surface area contributed by atoms with Gasteiger partial charge >= 0.3 is 0 Å². The summed E-state index contributed by atoms with van der Waals surface area (Å²) in [6.07, 6.45) is 3.91. The van der Waals surface area contributed by atoms with Gasteiger partial charge in [-0.25, -0.2) is 0 Å². The normalized spacial score (nSPS) is 10.5. The third kappa shape index (κ3) is 14.4. The summed E-state index contributed by atoms with van der Waals surface area (Å²) in [5.41, 5.74) is 0. The van der Waals surface area contributed by atoms with Gasteiger partial charge in [-0.15, -0.1) is 67.4 Å². The first kappa shape index (κ1) is 16.3. The molecule has 76 valence electrons. The van der Waals surface area contributed by atoms with E-state index >= 15 is 0 Å². The monoisotopic (exact) mass is 290 g/mol. The van der Waals surface area contributed by atoms with E-state index < -0.39 is 0 Å². The molecule has 12 heavy (non-hydrogen) atoms. The van der Waals surface area contributed by atoms with Gasteiger partial charge in [0.25, 0.3) is 0 Å². The molecule has 0 bridgehead atoms. The summed E-state index contributed by atoms with van der Waals surface area (Å²) < 4.78 is 0. The maximum Gasteiger partial charge on any atom is 0.108 e. The van der Waals surface area contributed by atoms with Crippen molar-refractivity contribution in [3.05, 3.63) is 0 Å². The summed E-state index contributed by atoms with van der Waals surface area (Å²) in [4.78, 5) is -0.435. The van der Waals surface area contributed by atoms with E-state index in [9.17, 15) is 0 Å². The Kier molecular flexibility index (Phi) is 14.9. The van der Waals surface area contributed by atoms with Crippen LogP contribution in [-0.4, -0.2) is 22.0 Å². The van der Waals surface area contributed by atoms with Crippen LogP contribution in [0.25, 0.3) is 0 Å². The van der Waals surface area contributed by atoms with E-state index in [4.69, 9.17) is 46.4 Å².